The molecule has 14 heteroatoms. The van der Waals surface area contributed by atoms with E-state index in [0.29, 0.717) is 15.6 Å². The minimum atomic E-state index is -4.70. The van der Waals surface area contributed by atoms with Crippen LogP contribution in [0, 0.1) is 5.92 Å². The van der Waals surface area contributed by atoms with Crippen LogP contribution in [0.5, 0.6) is 0 Å². The van der Waals surface area contributed by atoms with Crippen molar-refractivity contribution in [2.75, 3.05) is 28.2 Å². The molecule has 1 N–H and O–H groups in total. The van der Waals surface area contributed by atoms with Crippen molar-refractivity contribution in [2.24, 2.45) is 5.92 Å². The van der Waals surface area contributed by atoms with Crippen LogP contribution in [0.1, 0.15) is 35.8 Å². The van der Waals surface area contributed by atoms with Crippen LogP contribution in [-0.4, -0.2) is 40.6 Å². The van der Waals surface area contributed by atoms with E-state index < -0.39 is 63.7 Å². The Hall–Kier alpha value is -3.88. The number of fused-ring (bicyclic) bond motifs is 2. The molecule has 3 amide bonds. The average molecular weight is 746 g/mol. The topological polar surface area (TPSA) is 91.7 Å². The van der Waals surface area contributed by atoms with Gasteiger partial charge >= 0.3 is 11.0 Å². The number of carbonyl (C=O) groups is 3. The zero-order valence-corrected chi connectivity index (χ0v) is 28.3. The normalized spacial score (nSPS) is 19.0. The van der Waals surface area contributed by atoms with E-state index in [1.807, 2.05) is 38.1 Å². The van der Waals surface area contributed by atoms with E-state index in [2.05, 4.69) is 26.1 Å². The van der Waals surface area contributed by atoms with Gasteiger partial charge in [0, 0.05) is 34.0 Å². The second-order valence-electron chi connectivity index (χ2n) is 11.0. The molecule has 3 heterocycles. The predicted molar refractivity (Wildman–Crippen MR) is 180 cm³/mol. The molecule has 3 aromatic carbocycles. The lowest BCUT2D eigenvalue weighted by atomic mass is 9.83. The van der Waals surface area contributed by atoms with Crippen molar-refractivity contribution in [3.8, 4) is 0 Å². The smallest absolute Gasteiger partial charge is 0.372 e. The number of thioether (sulfide) groups is 1. The molecule has 2 aliphatic rings. The Balaban J connectivity index is 1.40. The van der Waals surface area contributed by atoms with Gasteiger partial charge in [0.25, 0.3) is 0 Å². The summed E-state index contributed by atoms with van der Waals surface area (Å²) >= 11 is 5.30. The van der Waals surface area contributed by atoms with E-state index in [-0.39, 0.29) is 0 Å². The Bertz CT molecular complexity index is 1910. The lowest BCUT2D eigenvalue weighted by Gasteiger charge is -2.31. The highest BCUT2D eigenvalue weighted by atomic mass is 79.9. The molecule has 0 radical (unpaired) electrons. The fourth-order valence-corrected chi connectivity index (χ4v) is 9.15. The number of hydrogen-bond donors (Lipinski definition) is 1. The van der Waals surface area contributed by atoms with Gasteiger partial charge in [-0.25, -0.2) is 4.90 Å². The first kappa shape index (κ1) is 33.0. The van der Waals surface area contributed by atoms with Crippen molar-refractivity contribution in [1.82, 2.24) is 4.57 Å². The molecule has 0 unspecified atom stereocenters. The second kappa shape index (κ2) is 13.0. The largest absolute Gasteiger partial charge is 0.418 e. The highest BCUT2D eigenvalue weighted by molar-refractivity contribution is 9.10. The van der Waals surface area contributed by atoms with E-state index in [1.54, 1.807) is 24.3 Å². The van der Waals surface area contributed by atoms with E-state index >= 15 is 0 Å². The molecule has 1 saturated heterocycles. The summed E-state index contributed by atoms with van der Waals surface area (Å²) in [4.78, 5) is 58.0. The molecule has 244 valence electrons. The highest BCUT2D eigenvalue weighted by Gasteiger charge is 2.56. The van der Waals surface area contributed by atoms with Gasteiger partial charge in [-0.3, -0.25) is 23.7 Å². The van der Waals surface area contributed by atoms with Gasteiger partial charge in [-0.2, -0.15) is 13.2 Å². The number of halogens is 4. The molecule has 0 saturated carbocycles. The first-order valence-electron chi connectivity index (χ1n) is 14.8. The van der Waals surface area contributed by atoms with E-state index in [9.17, 15) is 32.3 Å². The fraction of sp³-hybridized carbons (Fsp3) is 0.273. The van der Waals surface area contributed by atoms with Gasteiger partial charge in [-0.1, -0.05) is 63.3 Å². The van der Waals surface area contributed by atoms with Crippen LogP contribution >= 0.6 is 39.0 Å². The fourth-order valence-electron chi connectivity index (χ4n) is 6.11. The van der Waals surface area contributed by atoms with Crippen molar-refractivity contribution in [2.45, 2.75) is 42.8 Å². The van der Waals surface area contributed by atoms with Crippen LogP contribution in [-0.2, 0) is 27.1 Å². The zero-order valence-electron chi connectivity index (χ0n) is 25.1. The number of para-hydroxylation sites is 1. The number of aromatic nitrogens is 1. The van der Waals surface area contributed by atoms with E-state index in [0.717, 1.165) is 64.0 Å². The minimum Gasteiger partial charge on any atom is -0.372 e. The number of rotatable bonds is 8. The summed E-state index contributed by atoms with van der Waals surface area (Å²) in [6, 6.07) is 19.1. The summed E-state index contributed by atoms with van der Waals surface area (Å²) in [6.45, 7) is 5.10. The SMILES string of the molecule is CCN(CC)c1ccc([C@@H]2c3sc(=O)n(CC(=O)Nc4ccccc4C(F)(F)F)c3S[C@H]3C(=O)N(c4ccc(Br)cc4)C(=O)[C@@H]23)cc1. The van der Waals surface area contributed by atoms with Crippen molar-refractivity contribution < 1.29 is 27.6 Å². The zero-order chi connectivity index (χ0) is 33.6. The molecule has 1 aromatic heterocycles. The van der Waals surface area contributed by atoms with Crippen LogP contribution in [0.3, 0.4) is 0 Å². The number of alkyl halides is 3. The number of nitrogens with one attached hydrogen (secondary N) is 1. The van der Waals surface area contributed by atoms with Crippen molar-refractivity contribution in [3.05, 3.63) is 103 Å². The number of nitrogens with zero attached hydrogens (tertiary/aromatic N) is 3. The van der Waals surface area contributed by atoms with Gasteiger partial charge in [0.05, 0.1) is 27.9 Å². The number of imide groups is 1. The standard InChI is InChI=1S/C33H28BrF3N4O4S2/c1-3-39(4-2)20-13-9-18(10-14-20)25-26-27(30(44)41(29(26)43)21-15-11-19(34)12-16-21)46-31-28(25)47-32(45)40(31)17-24(42)38-23-8-6-5-7-22(23)33(35,36)37/h5-16,25-27H,3-4,17H2,1-2H3,(H,38,42)/t25-,26-,27+/m0/s1. The molecule has 0 spiro atoms. The number of carbonyl (C=O) groups excluding carboxylic acids is 3. The Labute approximate surface area is 284 Å². The first-order valence-corrected chi connectivity index (χ1v) is 17.3. The molecular weight excluding hydrogens is 717 g/mol. The van der Waals surface area contributed by atoms with Crippen LogP contribution in [0.15, 0.2) is 87.1 Å². The highest BCUT2D eigenvalue weighted by Crippen LogP contribution is 2.54. The summed E-state index contributed by atoms with van der Waals surface area (Å²) in [7, 11) is 0. The lowest BCUT2D eigenvalue weighted by molar-refractivity contribution is -0.137. The number of benzene rings is 3. The molecule has 4 aromatic rings. The maximum atomic E-state index is 14.1. The summed E-state index contributed by atoms with van der Waals surface area (Å²) in [5.74, 6) is -3.19. The Morgan fingerprint density at radius 2 is 1.60 bits per heavy atom. The quantitative estimate of drug-likeness (QED) is 0.196. The molecule has 3 atom stereocenters. The van der Waals surface area contributed by atoms with Gasteiger partial charge in [0.2, 0.25) is 17.7 Å². The number of thiazole rings is 1. The minimum absolute atomic E-state index is 0.345. The summed E-state index contributed by atoms with van der Waals surface area (Å²) in [5, 5.41) is 1.74. The third-order valence-electron chi connectivity index (χ3n) is 8.32. The monoisotopic (exact) mass is 744 g/mol. The molecule has 0 aliphatic carbocycles. The molecular formula is C33H28BrF3N4O4S2. The van der Waals surface area contributed by atoms with Crippen molar-refractivity contribution in [1.29, 1.82) is 0 Å². The average Bonchev–Trinajstić information content (AvgIpc) is 3.48. The number of anilines is 3. The Morgan fingerprint density at radius 3 is 2.23 bits per heavy atom. The van der Waals surface area contributed by atoms with Crippen LogP contribution in [0.25, 0.3) is 0 Å². The Kier molecular flexibility index (Phi) is 9.11. The maximum Gasteiger partial charge on any atom is 0.418 e. The summed E-state index contributed by atoms with van der Waals surface area (Å²) < 4.78 is 42.7. The lowest BCUT2D eigenvalue weighted by Crippen LogP contribution is -2.33. The molecule has 8 nitrogen and oxygen atoms in total. The number of amides is 3. The second-order valence-corrected chi connectivity index (χ2v) is 14.0. The predicted octanol–water partition coefficient (Wildman–Crippen LogP) is 6.97. The van der Waals surface area contributed by atoms with E-state index in [1.165, 1.54) is 21.6 Å². The van der Waals surface area contributed by atoms with Crippen LogP contribution in [0.4, 0.5) is 30.2 Å². The van der Waals surface area contributed by atoms with Crippen LogP contribution < -0.4 is 20.0 Å². The third kappa shape index (κ3) is 6.14. The molecule has 0 bridgehead atoms. The summed E-state index contributed by atoms with van der Waals surface area (Å²) in [5.41, 5.74) is 0.683. The number of hydrogen-bond acceptors (Lipinski definition) is 7. The molecule has 47 heavy (non-hydrogen) atoms. The van der Waals surface area contributed by atoms with Gasteiger partial charge in [-0.15, -0.1) is 0 Å². The van der Waals surface area contributed by atoms with Crippen LogP contribution in [0.2, 0.25) is 0 Å². The molecule has 1 fully saturated rings. The van der Waals surface area contributed by atoms with Gasteiger partial charge in [0.15, 0.2) is 0 Å². The first-order chi connectivity index (χ1) is 22.4. The van der Waals surface area contributed by atoms with Crippen molar-refractivity contribution in [3.63, 3.8) is 0 Å². The summed E-state index contributed by atoms with van der Waals surface area (Å²) in [6.07, 6.45) is -4.70. The van der Waals surface area contributed by atoms with Gasteiger partial charge in [-0.05, 0) is 67.9 Å². The van der Waals surface area contributed by atoms with Crippen molar-refractivity contribution >= 4 is 73.8 Å². The van der Waals surface area contributed by atoms with Gasteiger partial charge in [0.1, 0.15) is 11.8 Å². The maximum absolute atomic E-state index is 14.1. The van der Waals surface area contributed by atoms with E-state index in [4.69, 9.17) is 0 Å². The molecule has 2 aliphatic heterocycles. The third-order valence-corrected chi connectivity index (χ3v) is 11.5. The Morgan fingerprint density at radius 1 is 0.936 bits per heavy atom. The van der Waals surface area contributed by atoms with Gasteiger partial charge < -0.3 is 10.2 Å². The molecule has 6 rings (SSSR count).